The van der Waals surface area contributed by atoms with Crippen molar-refractivity contribution in [3.8, 4) is 0 Å². The zero-order valence-electron chi connectivity index (χ0n) is 12.4. The average molecular weight is 348 g/mol. The monoisotopic (exact) mass is 348 g/mol. The van der Waals surface area contributed by atoms with E-state index in [1.807, 2.05) is 31.2 Å². The molecule has 3 rings (SSSR count). The molecule has 5 nitrogen and oxygen atoms in total. The minimum atomic E-state index is -0.839. The van der Waals surface area contributed by atoms with Crippen LogP contribution in [0.2, 0.25) is 0 Å². The summed E-state index contributed by atoms with van der Waals surface area (Å²) in [6.07, 6.45) is 0.653. The summed E-state index contributed by atoms with van der Waals surface area (Å²) in [4.78, 5) is 16.6. The number of aromatic nitrogens is 1. The fourth-order valence-corrected chi connectivity index (χ4v) is 4.26. The second-order valence-corrected chi connectivity index (χ2v) is 7.60. The van der Waals surface area contributed by atoms with Gasteiger partial charge >= 0.3 is 0 Å². The van der Waals surface area contributed by atoms with Crippen molar-refractivity contribution in [2.24, 2.45) is 0 Å². The van der Waals surface area contributed by atoms with E-state index in [2.05, 4.69) is 10.3 Å². The van der Waals surface area contributed by atoms with Gasteiger partial charge in [0.2, 0.25) is 5.91 Å². The summed E-state index contributed by atoms with van der Waals surface area (Å²) in [6, 6.07) is 11.3. The summed E-state index contributed by atoms with van der Waals surface area (Å²) < 4.78 is 7.07. The molecule has 2 aromatic heterocycles. The van der Waals surface area contributed by atoms with E-state index >= 15 is 0 Å². The highest BCUT2D eigenvalue weighted by atomic mass is 32.2. The number of benzene rings is 1. The second-order valence-electron chi connectivity index (χ2n) is 4.98. The number of rotatable bonds is 6. The summed E-state index contributed by atoms with van der Waals surface area (Å²) in [5.41, 5.74) is 0.945. The SMILES string of the molecule is C[C@@H](Sc1nc2ccccc2s1)C(=O)NC[C@@H](O)c1ccco1. The first-order chi connectivity index (χ1) is 11.1. The number of carbonyl (C=O) groups is 1. The standard InChI is InChI=1S/C16H16N2O3S2/c1-10(15(20)17-9-12(19)13-6-4-8-21-13)22-16-18-11-5-2-3-7-14(11)23-16/h2-8,10,12,19H,9H2,1H3,(H,17,20)/t10-,12-/m1/s1. The molecule has 1 aromatic carbocycles. The van der Waals surface area contributed by atoms with Crippen molar-refractivity contribution in [3.63, 3.8) is 0 Å². The lowest BCUT2D eigenvalue weighted by molar-refractivity contribution is -0.120. The molecular weight excluding hydrogens is 332 g/mol. The van der Waals surface area contributed by atoms with Crippen molar-refractivity contribution >= 4 is 39.2 Å². The van der Waals surface area contributed by atoms with E-state index in [0.29, 0.717) is 5.76 Å². The highest BCUT2D eigenvalue weighted by Gasteiger charge is 2.18. The Morgan fingerprint density at radius 2 is 2.22 bits per heavy atom. The van der Waals surface area contributed by atoms with Gasteiger partial charge in [-0.15, -0.1) is 11.3 Å². The lowest BCUT2D eigenvalue weighted by Crippen LogP contribution is -2.34. The van der Waals surface area contributed by atoms with Crippen molar-refractivity contribution in [1.82, 2.24) is 10.3 Å². The van der Waals surface area contributed by atoms with Crippen LogP contribution in [0.15, 0.2) is 51.4 Å². The number of carbonyl (C=O) groups excluding carboxylic acids is 1. The van der Waals surface area contributed by atoms with Crippen LogP contribution in [0.3, 0.4) is 0 Å². The van der Waals surface area contributed by atoms with Gasteiger partial charge in [0, 0.05) is 0 Å². The van der Waals surface area contributed by atoms with Crippen LogP contribution in [-0.4, -0.2) is 27.8 Å². The zero-order valence-corrected chi connectivity index (χ0v) is 14.1. The van der Waals surface area contributed by atoms with Crippen molar-refractivity contribution < 1.29 is 14.3 Å². The summed E-state index contributed by atoms with van der Waals surface area (Å²) in [5.74, 6) is 0.302. The molecule has 7 heteroatoms. The van der Waals surface area contributed by atoms with Crippen LogP contribution in [0, 0.1) is 0 Å². The molecule has 2 N–H and O–H groups in total. The fourth-order valence-electron chi connectivity index (χ4n) is 2.03. The van der Waals surface area contributed by atoms with Gasteiger partial charge in [0.15, 0.2) is 4.34 Å². The van der Waals surface area contributed by atoms with E-state index in [-0.39, 0.29) is 17.7 Å². The van der Waals surface area contributed by atoms with E-state index in [1.165, 1.54) is 18.0 Å². The van der Waals surface area contributed by atoms with Gasteiger partial charge < -0.3 is 14.8 Å². The number of thioether (sulfide) groups is 1. The second kappa shape index (κ2) is 7.16. The quantitative estimate of drug-likeness (QED) is 0.669. The van der Waals surface area contributed by atoms with Crippen LogP contribution in [0.4, 0.5) is 0 Å². The Balaban J connectivity index is 1.55. The summed E-state index contributed by atoms with van der Waals surface area (Å²) in [5, 5.41) is 12.3. The largest absolute Gasteiger partial charge is 0.467 e. The Morgan fingerprint density at radius 1 is 1.39 bits per heavy atom. The predicted molar refractivity (Wildman–Crippen MR) is 91.6 cm³/mol. The topological polar surface area (TPSA) is 75.4 Å². The van der Waals surface area contributed by atoms with E-state index in [1.54, 1.807) is 23.5 Å². The Kier molecular flexibility index (Phi) is 5.00. The number of aliphatic hydroxyl groups is 1. The Labute approximate surface area is 141 Å². The molecule has 0 saturated carbocycles. The van der Waals surface area contributed by atoms with Crippen molar-refractivity contribution in [2.45, 2.75) is 22.6 Å². The Bertz CT molecular complexity index is 753. The van der Waals surface area contributed by atoms with E-state index in [9.17, 15) is 9.90 Å². The number of hydrogen-bond donors (Lipinski definition) is 2. The number of fused-ring (bicyclic) bond motifs is 1. The first-order valence-electron chi connectivity index (χ1n) is 7.15. The number of amides is 1. The zero-order chi connectivity index (χ0) is 16.2. The van der Waals surface area contributed by atoms with Gasteiger partial charge in [-0.25, -0.2) is 4.98 Å². The molecule has 120 valence electrons. The molecule has 3 aromatic rings. The third kappa shape index (κ3) is 3.93. The van der Waals surface area contributed by atoms with Crippen LogP contribution in [-0.2, 0) is 4.79 Å². The highest BCUT2D eigenvalue weighted by molar-refractivity contribution is 8.02. The van der Waals surface area contributed by atoms with Gasteiger partial charge in [-0.2, -0.15) is 0 Å². The molecule has 0 fully saturated rings. The smallest absolute Gasteiger partial charge is 0.233 e. The first-order valence-corrected chi connectivity index (χ1v) is 8.84. The van der Waals surface area contributed by atoms with Gasteiger partial charge in [-0.3, -0.25) is 4.79 Å². The van der Waals surface area contributed by atoms with Crippen molar-refractivity contribution in [1.29, 1.82) is 0 Å². The van der Waals surface area contributed by atoms with Crippen LogP contribution in [0.25, 0.3) is 10.2 Å². The number of aliphatic hydroxyl groups excluding tert-OH is 1. The molecule has 0 spiro atoms. The lowest BCUT2D eigenvalue weighted by atomic mass is 10.2. The third-order valence-electron chi connectivity index (χ3n) is 3.26. The minimum Gasteiger partial charge on any atom is -0.467 e. The van der Waals surface area contributed by atoms with E-state index in [0.717, 1.165) is 14.6 Å². The molecule has 0 saturated heterocycles. The maximum Gasteiger partial charge on any atom is 0.233 e. The summed E-state index contributed by atoms with van der Waals surface area (Å²) in [7, 11) is 0. The highest BCUT2D eigenvalue weighted by Crippen LogP contribution is 2.31. The molecule has 0 radical (unpaired) electrons. The molecule has 23 heavy (non-hydrogen) atoms. The van der Waals surface area contributed by atoms with Crippen LogP contribution >= 0.6 is 23.1 Å². The molecule has 2 atom stereocenters. The molecule has 1 amide bonds. The predicted octanol–water partition coefficient (Wildman–Crippen LogP) is 3.22. The fraction of sp³-hybridized carbons (Fsp3) is 0.250. The molecular formula is C16H16N2O3S2. The van der Waals surface area contributed by atoms with Gasteiger partial charge in [-0.05, 0) is 31.2 Å². The maximum absolute atomic E-state index is 12.1. The number of furan rings is 1. The molecule has 0 aliphatic heterocycles. The minimum absolute atomic E-state index is 0.122. The van der Waals surface area contributed by atoms with Gasteiger partial charge in [0.05, 0.1) is 28.3 Å². The lowest BCUT2D eigenvalue weighted by Gasteiger charge is -2.12. The van der Waals surface area contributed by atoms with Crippen LogP contribution < -0.4 is 5.32 Å². The van der Waals surface area contributed by atoms with E-state index in [4.69, 9.17) is 4.42 Å². The first kappa shape index (κ1) is 16.0. The van der Waals surface area contributed by atoms with Gasteiger partial charge in [0.1, 0.15) is 11.9 Å². The summed E-state index contributed by atoms with van der Waals surface area (Å²) >= 11 is 2.99. The van der Waals surface area contributed by atoms with E-state index < -0.39 is 6.10 Å². The molecule has 0 aliphatic rings. The molecule has 2 heterocycles. The average Bonchev–Trinajstić information content (AvgIpc) is 3.20. The number of thiazole rings is 1. The van der Waals surface area contributed by atoms with Crippen molar-refractivity contribution in [2.75, 3.05) is 6.54 Å². The molecule has 0 aliphatic carbocycles. The van der Waals surface area contributed by atoms with Gasteiger partial charge in [0.25, 0.3) is 0 Å². The number of para-hydroxylation sites is 1. The van der Waals surface area contributed by atoms with Crippen LogP contribution in [0.1, 0.15) is 18.8 Å². The van der Waals surface area contributed by atoms with Crippen LogP contribution in [0.5, 0.6) is 0 Å². The number of hydrogen-bond acceptors (Lipinski definition) is 6. The molecule has 0 unspecified atom stereocenters. The summed E-state index contributed by atoms with van der Waals surface area (Å²) in [6.45, 7) is 1.95. The number of nitrogens with one attached hydrogen (secondary N) is 1. The maximum atomic E-state index is 12.1. The Morgan fingerprint density at radius 3 is 2.96 bits per heavy atom. The van der Waals surface area contributed by atoms with Gasteiger partial charge in [-0.1, -0.05) is 23.9 Å². The van der Waals surface area contributed by atoms with Crippen molar-refractivity contribution in [3.05, 3.63) is 48.4 Å². The molecule has 0 bridgehead atoms. The number of nitrogens with zero attached hydrogens (tertiary/aromatic N) is 1. The normalized spacial score (nSPS) is 13.8. The third-order valence-corrected chi connectivity index (χ3v) is 5.49. The Hall–Kier alpha value is -1.83.